The minimum absolute atomic E-state index is 0.0201. The van der Waals surface area contributed by atoms with Gasteiger partial charge in [-0.25, -0.2) is 9.37 Å². The SMILES string of the molecule is N=Cc1c(N)cccc1N(CCCO)c1nc(Nc2cccc(S)c2)ncc1F. The van der Waals surface area contributed by atoms with E-state index in [0.717, 1.165) is 17.3 Å². The van der Waals surface area contributed by atoms with Crippen LogP contribution in [0.25, 0.3) is 0 Å². The maximum atomic E-state index is 14.7. The van der Waals surface area contributed by atoms with E-state index in [0.29, 0.717) is 29.0 Å². The Morgan fingerprint density at radius 1 is 1.28 bits per heavy atom. The number of anilines is 5. The van der Waals surface area contributed by atoms with Crippen LogP contribution in [0.4, 0.5) is 33.2 Å². The Kier molecular flexibility index (Phi) is 6.63. The molecular weight excluding hydrogens is 391 g/mol. The Balaban J connectivity index is 2.04. The first-order valence-electron chi connectivity index (χ1n) is 8.89. The molecule has 1 heterocycles. The molecule has 0 aliphatic rings. The molecule has 0 saturated carbocycles. The molecule has 7 nitrogen and oxygen atoms in total. The number of aliphatic hydroxyl groups excluding tert-OH is 1. The molecule has 150 valence electrons. The van der Waals surface area contributed by atoms with Gasteiger partial charge in [0.1, 0.15) is 0 Å². The predicted molar refractivity (Wildman–Crippen MR) is 116 cm³/mol. The molecule has 0 spiro atoms. The van der Waals surface area contributed by atoms with E-state index >= 15 is 0 Å². The number of aliphatic hydroxyl groups is 1. The van der Waals surface area contributed by atoms with Gasteiger partial charge in [0.15, 0.2) is 11.6 Å². The Morgan fingerprint density at radius 2 is 2.07 bits per heavy atom. The van der Waals surface area contributed by atoms with Gasteiger partial charge in [-0.15, -0.1) is 12.6 Å². The van der Waals surface area contributed by atoms with E-state index < -0.39 is 5.82 Å². The number of hydrogen-bond acceptors (Lipinski definition) is 8. The van der Waals surface area contributed by atoms with Gasteiger partial charge in [0.2, 0.25) is 5.95 Å². The van der Waals surface area contributed by atoms with E-state index in [1.807, 2.05) is 18.2 Å². The van der Waals surface area contributed by atoms with Crippen LogP contribution in [0.2, 0.25) is 0 Å². The molecule has 0 saturated heterocycles. The third-order valence-electron chi connectivity index (χ3n) is 4.18. The molecular formula is C20H21FN6OS. The first-order chi connectivity index (χ1) is 14.0. The highest BCUT2D eigenvalue weighted by atomic mass is 32.1. The summed E-state index contributed by atoms with van der Waals surface area (Å²) in [7, 11) is 0. The highest BCUT2D eigenvalue weighted by Crippen LogP contribution is 2.32. The summed E-state index contributed by atoms with van der Waals surface area (Å²) in [6, 6.07) is 12.4. The molecule has 0 aliphatic heterocycles. The zero-order valence-electron chi connectivity index (χ0n) is 15.5. The number of hydrogen-bond donors (Lipinski definition) is 5. The van der Waals surface area contributed by atoms with Crippen LogP contribution in [-0.4, -0.2) is 34.4 Å². The Bertz CT molecular complexity index is 1020. The number of rotatable bonds is 8. The number of nitrogens with two attached hydrogens (primary N) is 1. The van der Waals surface area contributed by atoms with Crippen molar-refractivity contribution >= 4 is 47.7 Å². The molecule has 9 heteroatoms. The first-order valence-corrected chi connectivity index (χ1v) is 9.34. The van der Waals surface area contributed by atoms with Crippen LogP contribution in [0.15, 0.2) is 53.6 Å². The van der Waals surface area contributed by atoms with E-state index in [2.05, 4.69) is 27.9 Å². The lowest BCUT2D eigenvalue weighted by Crippen LogP contribution is -2.24. The molecule has 0 unspecified atom stereocenters. The van der Waals surface area contributed by atoms with E-state index in [1.54, 1.807) is 29.2 Å². The maximum absolute atomic E-state index is 14.7. The zero-order chi connectivity index (χ0) is 20.8. The minimum atomic E-state index is -0.630. The van der Waals surface area contributed by atoms with Gasteiger partial charge in [-0.3, -0.25) is 0 Å². The standard InChI is InChI=1S/C20H21FN6OS/c21-16-12-24-20(25-13-4-1-5-14(29)10-13)26-19(16)27(8-3-9-28)18-7-2-6-17(23)15(18)11-22/h1-2,4-7,10-12,22,28-29H,3,8-9,23H2,(H,24,25,26). The molecule has 29 heavy (non-hydrogen) atoms. The van der Waals surface area contributed by atoms with Crippen LogP contribution in [0.3, 0.4) is 0 Å². The second-order valence-corrected chi connectivity index (χ2v) is 6.71. The summed E-state index contributed by atoms with van der Waals surface area (Å²) in [4.78, 5) is 10.7. The topological polar surface area (TPSA) is 111 Å². The average Bonchev–Trinajstić information content (AvgIpc) is 2.70. The fraction of sp³-hybridized carbons (Fsp3) is 0.150. The molecule has 0 aliphatic carbocycles. The summed E-state index contributed by atoms with van der Waals surface area (Å²) in [5.74, 6) is -0.406. The van der Waals surface area contributed by atoms with Gasteiger partial charge in [0.25, 0.3) is 0 Å². The van der Waals surface area contributed by atoms with Crippen molar-refractivity contribution < 1.29 is 9.50 Å². The number of benzene rings is 2. The summed E-state index contributed by atoms with van der Waals surface area (Å²) in [6.07, 6.45) is 2.57. The lowest BCUT2D eigenvalue weighted by Gasteiger charge is -2.26. The monoisotopic (exact) mass is 412 g/mol. The van der Waals surface area contributed by atoms with Gasteiger partial charge >= 0.3 is 0 Å². The fourth-order valence-corrected chi connectivity index (χ4v) is 3.08. The van der Waals surface area contributed by atoms with Gasteiger partial charge in [-0.05, 0) is 36.8 Å². The van der Waals surface area contributed by atoms with Crippen LogP contribution in [0, 0.1) is 11.2 Å². The Morgan fingerprint density at radius 3 is 2.79 bits per heavy atom. The molecule has 0 amide bonds. The second-order valence-electron chi connectivity index (χ2n) is 6.19. The van der Waals surface area contributed by atoms with Crippen molar-refractivity contribution in [3.8, 4) is 0 Å². The number of nitrogens with one attached hydrogen (secondary N) is 2. The van der Waals surface area contributed by atoms with Gasteiger partial charge in [-0.2, -0.15) is 4.98 Å². The lowest BCUT2D eigenvalue weighted by atomic mass is 10.1. The van der Waals surface area contributed by atoms with Gasteiger partial charge in [-0.1, -0.05) is 12.1 Å². The first kappa shape index (κ1) is 20.6. The molecule has 0 fully saturated rings. The zero-order valence-corrected chi connectivity index (χ0v) is 16.4. The number of aromatic nitrogens is 2. The molecule has 3 rings (SSSR count). The van der Waals surface area contributed by atoms with Crippen molar-refractivity contribution in [1.29, 1.82) is 5.41 Å². The fourth-order valence-electron chi connectivity index (χ4n) is 2.85. The molecule has 2 aromatic carbocycles. The number of thiol groups is 1. The third kappa shape index (κ3) is 4.82. The van der Waals surface area contributed by atoms with Crippen molar-refractivity contribution in [3.63, 3.8) is 0 Å². The lowest BCUT2D eigenvalue weighted by molar-refractivity contribution is 0.290. The van der Waals surface area contributed by atoms with Gasteiger partial charge < -0.3 is 26.5 Å². The van der Waals surface area contributed by atoms with Crippen molar-refractivity contribution in [1.82, 2.24) is 9.97 Å². The largest absolute Gasteiger partial charge is 0.398 e. The number of halogens is 1. The van der Waals surface area contributed by atoms with Crippen molar-refractivity contribution in [2.75, 3.05) is 29.1 Å². The summed E-state index contributed by atoms with van der Waals surface area (Å²) < 4.78 is 14.7. The van der Waals surface area contributed by atoms with Crippen LogP contribution in [0.5, 0.6) is 0 Å². The predicted octanol–water partition coefficient (Wildman–Crippen LogP) is 3.75. The van der Waals surface area contributed by atoms with E-state index in [1.165, 1.54) is 0 Å². The minimum Gasteiger partial charge on any atom is -0.398 e. The molecule has 0 radical (unpaired) electrons. The molecule has 0 bridgehead atoms. The molecule has 3 aromatic rings. The normalized spacial score (nSPS) is 10.6. The number of nitrogen functional groups attached to an aromatic ring is 1. The van der Waals surface area contributed by atoms with Crippen LogP contribution >= 0.6 is 12.6 Å². The summed E-state index contributed by atoms with van der Waals surface area (Å²) >= 11 is 4.30. The quantitative estimate of drug-likeness (QED) is 0.219. The number of nitrogens with zero attached hydrogens (tertiary/aromatic N) is 3. The van der Waals surface area contributed by atoms with E-state index in [9.17, 15) is 9.50 Å². The van der Waals surface area contributed by atoms with Crippen molar-refractivity contribution in [2.45, 2.75) is 11.3 Å². The summed E-state index contributed by atoms with van der Waals surface area (Å²) in [6.45, 7) is 0.200. The maximum Gasteiger partial charge on any atom is 0.229 e. The van der Waals surface area contributed by atoms with Crippen LogP contribution < -0.4 is 16.0 Å². The Labute approximate surface area is 173 Å². The summed E-state index contributed by atoms with van der Waals surface area (Å²) in [5, 5.41) is 20.0. The molecule has 0 atom stereocenters. The Hall–Kier alpha value is -3.17. The second kappa shape index (κ2) is 9.35. The van der Waals surface area contributed by atoms with Crippen molar-refractivity contribution in [2.24, 2.45) is 0 Å². The highest BCUT2D eigenvalue weighted by molar-refractivity contribution is 7.80. The van der Waals surface area contributed by atoms with Gasteiger partial charge in [0.05, 0.1) is 11.9 Å². The van der Waals surface area contributed by atoms with Gasteiger partial charge in [0, 0.05) is 41.2 Å². The highest BCUT2D eigenvalue weighted by Gasteiger charge is 2.20. The van der Waals surface area contributed by atoms with Crippen LogP contribution in [-0.2, 0) is 0 Å². The molecule has 5 N–H and O–H groups in total. The molecule has 1 aromatic heterocycles. The van der Waals surface area contributed by atoms with E-state index in [4.69, 9.17) is 11.1 Å². The third-order valence-corrected chi connectivity index (χ3v) is 4.45. The van der Waals surface area contributed by atoms with Crippen molar-refractivity contribution in [3.05, 3.63) is 60.0 Å². The van der Waals surface area contributed by atoms with Crippen LogP contribution in [0.1, 0.15) is 12.0 Å². The average molecular weight is 412 g/mol. The van der Waals surface area contributed by atoms with E-state index in [-0.39, 0.29) is 24.9 Å². The summed E-state index contributed by atoms with van der Waals surface area (Å²) in [5.41, 5.74) is 8.06. The smallest absolute Gasteiger partial charge is 0.229 e.